The lowest BCUT2D eigenvalue weighted by Gasteiger charge is -2.20. The molecular weight excluding hydrogens is 292 g/mol. The van der Waals surface area contributed by atoms with Gasteiger partial charge in [-0.15, -0.1) is 0 Å². The van der Waals surface area contributed by atoms with Gasteiger partial charge in [0, 0.05) is 36.1 Å². The van der Waals surface area contributed by atoms with Gasteiger partial charge in [-0.25, -0.2) is 18.7 Å². The van der Waals surface area contributed by atoms with Gasteiger partial charge in [0.2, 0.25) is 0 Å². The van der Waals surface area contributed by atoms with Gasteiger partial charge in [0.05, 0.1) is 4.90 Å². The van der Waals surface area contributed by atoms with Crippen LogP contribution in [0.25, 0.3) is 0 Å². The zero-order valence-electron chi connectivity index (χ0n) is 12.2. The summed E-state index contributed by atoms with van der Waals surface area (Å²) in [7, 11) is 0. The second-order valence-corrected chi connectivity index (χ2v) is 6.66. The standard InChI is InChI=1S/C15H17F2N3S/c1-15(2,3)20-9-10-7-18-14(19-8-10)21-13-5-4-11(16)6-12(13)17/h4-8,20H,9H2,1-3H3. The SMILES string of the molecule is CC(C)(C)NCc1cnc(Sc2ccc(F)cc2F)nc1. The molecule has 0 aliphatic carbocycles. The van der Waals surface area contributed by atoms with Crippen molar-refractivity contribution in [3.63, 3.8) is 0 Å². The fraction of sp³-hybridized carbons (Fsp3) is 0.333. The van der Waals surface area contributed by atoms with Gasteiger partial charge in [-0.05, 0) is 44.7 Å². The molecule has 1 aromatic carbocycles. The molecule has 0 saturated carbocycles. The number of aromatic nitrogens is 2. The second-order valence-electron chi connectivity index (χ2n) is 5.65. The van der Waals surface area contributed by atoms with Crippen molar-refractivity contribution in [3.05, 3.63) is 47.8 Å². The number of hydrogen-bond acceptors (Lipinski definition) is 4. The molecular formula is C15H17F2N3S. The molecule has 3 nitrogen and oxygen atoms in total. The van der Waals surface area contributed by atoms with Gasteiger partial charge in [0.25, 0.3) is 0 Å². The van der Waals surface area contributed by atoms with Gasteiger partial charge in [-0.3, -0.25) is 0 Å². The minimum Gasteiger partial charge on any atom is -0.308 e. The van der Waals surface area contributed by atoms with Crippen LogP contribution in [0.15, 0.2) is 40.6 Å². The van der Waals surface area contributed by atoms with E-state index in [1.807, 2.05) is 0 Å². The Hall–Kier alpha value is -1.53. The summed E-state index contributed by atoms with van der Waals surface area (Å²) in [6, 6.07) is 3.45. The average Bonchev–Trinajstić information content (AvgIpc) is 2.40. The lowest BCUT2D eigenvalue weighted by Crippen LogP contribution is -2.35. The third-order valence-corrected chi connectivity index (χ3v) is 3.54. The third kappa shape index (κ3) is 5.06. The number of halogens is 2. The second kappa shape index (κ2) is 6.49. The maximum atomic E-state index is 13.5. The summed E-state index contributed by atoms with van der Waals surface area (Å²) in [6.07, 6.45) is 3.41. The van der Waals surface area contributed by atoms with E-state index in [0.29, 0.717) is 16.6 Å². The molecule has 112 valence electrons. The van der Waals surface area contributed by atoms with Crippen LogP contribution in [-0.2, 0) is 6.54 Å². The van der Waals surface area contributed by atoms with E-state index in [1.54, 1.807) is 12.4 Å². The summed E-state index contributed by atoms with van der Waals surface area (Å²) in [5, 5.41) is 3.76. The van der Waals surface area contributed by atoms with E-state index < -0.39 is 11.6 Å². The Morgan fingerprint density at radius 2 is 1.81 bits per heavy atom. The first-order chi connectivity index (χ1) is 9.83. The van der Waals surface area contributed by atoms with Gasteiger partial charge >= 0.3 is 0 Å². The van der Waals surface area contributed by atoms with E-state index in [0.717, 1.165) is 23.4 Å². The van der Waals surface area contributed by atoms with E-state index in [1.165, 1.54) is 12.1 Å². The lowest BCUT2D eigenvalue weighted by atomic mass is 10.1. The minimum atomic E-state index is -0.609. The van der Waals surface area contributed by atoms with Gasteiger partial charge in [-0.1, -0.05) is 0 Å². The van der Waals surface area contributed by atoms with Crippen LogP contribution in [-0.4, -0.2) is 15.5 Å². The van der Waals surface area contributed by atoms with Crippen molar-refractivity contribution < 1.29 is 8.78 Å². The molecule has 0 unspecified atom stereocenters. The van der Waals surface area contributed by atoms with Crippen molar-refractivity contribution in [1.82, 2.24) is 15.3 Å². The highest BCUT2D eigenvalue weighted by Gasteiger charge is 2.10. The highest BCUT2D eigenvalue weighted by molar-refractivity contribution is 7.99. The lowest BCUT2D eigenvalue weighted by molar-refractivity contribution is 0.423. The molecule has 21 heavy (non-hydrogen) atoms. The molecule has 0 aliphatic rings. The fourth-order valence-electron chi connectivity index (χ4n) is 1.51. The highest BCUT2D eigenvalue weighted by atomic mass is 32.2. The molecule has 6 heteroatoms. The molecule has 0 fully saturated rings. The number of benzene rings is 1. The van der Waals surface area contributed by atoms with E-state index in [9.17, 15) is 8.78 Å². The summed E-state index contributed by atoms with van der Waals surface area (Å²) in [4.78, 5) is 8.68. The van der Waals surface area contributed by atoms with Crippen molar-refractivity contribution >= 4 is 11.8 Å². The van der Waals surface area contributed by atoms with E-state index in [4.69, 9.17) is 0 Å². The molecule has 0 atom stereocenters. The summed E-state index contributed by atoms with van der Waals surface area (Å²) < 4.78 is 26.4. The zero-order chi connectivity index (χ0) is 15.5. The quantitative estimate of drug-likeness (QED) is 0.872. The summed E-state index contributed by atoms with van der Waals surface area (Å²) in [6.45, 7) is 6.90. The van der Waals surface area contributed by atoms with Crippen LogP contribution in [0.3, 0.4) is 0 Å². The van der Waals surface area contributed by atoms with Crippen molar-refractivity contribution in [2.75, 3.05) is 0 Å². The van der Waals surface area contributed by atoms with Crippen LogP contribution in [0, 0.1) is 11.6 Å². The third-order valence-electron chi connectivity index (χ3n) is 2.60. The Morgan fingerprint density at radius 1 is 1.14 bits per heavy atom. The Morgan fingerprint density at radius 3 is 2.38 bits per heavy atom. The Bertz CT molecular complexity index is 609. The molecule has 0 amide bonds. The Balaban J connectivity index is 2.02. The first-order valence-corrected chi connectivity index (χ1v) is 7.34. The van der Waals surface area contributed by atoms with Crippen molar-refractivity contribution in [2.24, 2.45) is 0 Å². The number of hydrogen-bond donors (Lipinski definition) is 1. The largest absolute Gasteiger partial charge is 0.308 e. The van der Waals surface area contributed by atoms with Gasteiger partial charge in [0.15, 0.2) is 5.16 Å². The summed E-state index contributed by atoms with van der Waals surface area (Å²) >= 11 is 1.07. The maximum absolute atomic E-state index is 13.5. The Labute approximate surface area is 127 Å². The molecule has 0 spiro atoms. The molecule has 1 aromatic heterocycles. The monoisotopic (exact) mass is 309 g/mol. The molecule has 0 radical (unpaired) electrons. The molecule has 2 aromatic rings. The van der Waals surface area contributed by atoms with Gasteiger partial charge in [0.1, 0.15) is 11.6 Å². The topological polar surface area (TPSA) is 37.8 Å². The van der Waals surface area contributed by atoms with Crippen LogP contribution in [0.2, 0.25) is 0 Å². The first kappa shape index (κ1) is 15.9. The zero-order valence-corrected chi connectivity index (χ0v) is 13.0. The van der Waals surface area contributed by atoms with Crippen LogP contribution in [0.5, 0.6) is 0 Å². The predicted octanol–water partition coefficient (Wildman–Crippen LogP) is 3.79. The van der Waals surface area contributed by atoms with Crippen molar-refractivity contribution in [3.8, 4) is 0 Å². The molecule has 2 rings (SSSR count). The average molecular weight is 309 g/mol. The van der Waals surface area contributed by atoms with Crippen LogP contribution in [0.1, 0.15) is 26.3 Å². The minimum absolute atomic E-state index is 0.0185. The molecule has 1 N–H and O–H groups in total. The first-order valence-electron chi connectivity index (χ1n) is 6.52. The van der Waals surface area contributed by atoms with Gasteiger partial charge in [-0.2, -0.15) is 0 Å². The smallest absolute Gasteiger partial charge is 0.192 e. The van der Waals surface area contributed by atoms with Crippen molar-refractivity contribution in [2.45, 2.75) is 42.9 Å². The normalized spacial score (nSPS) is 11.7. The fourth-order valence-corrected chi connectivity index (χ4v) is 2.21. The predicted molar refractivity (Wildman–Crippen MR) is 79.1 cm³/mol. The molecule has 0 bridgehead atoms. The highest BCUT2D eigenvalue weighted by Crippen LogP contribution is 2.27. The van der Waals surface area contributed by atoms with Crippen LogP contribution < -0.4 is 5.32 Å². The van der Waals surface area contributed by atoms with Crippen LogP contribution in [0.4, 0.5) is 8.78 Å². The summed E-state index contributed by atoms with van der Waals surface area (Å²) in [5.41, 5.74) is 0.971. The van der Waals surface area contributed by atoms with E-state index >= 15 is 0 Å². The number of nitrogens with zero attached hydrogens (tertiary/aromatic N) is 2. The molecule has 0 aliphatic heterocycles. The maximum Gasteiger partial charge on any atom is 0.192 e. The van der Waals surface area contributed by atoms with Crippen LogP contribution >= 0.6 is 11.8 Å². The number of nitrogens with one attached hydrogen (secondary N) is 1. The number of rotatable bonds is 4. The van der Waals surface area contributed by atoms with E-state index in [2.05, 4.69) is 36.1 Å². The van der Waals surface area contributed by atoms with Crippen molar-refractivity contribution in [1.29, 1.82) is 0 Å². The Kier molecular flexibility index (Phi) is 4.90. The van der Waals surface area contributed by atoms with E-state index in [-0.39, 0.29) is 5.54 Å². The van der Waals surface area contributed by atoms with Gasteiger partial charge < -0.3 is 5.32 Å². The molecule has 1 heterocycles. The molecule has 0 saturated heterocycles. The summed E-state index contributed by atoms with van der Waals surface area (Å²) in [5.74, 6) is -1.21.